The molecule has 1 aromatic rings. The third-order valence-electron chi connectivity index (χ3n) is 1.33. The summed E-state index contributed by atoms with van der Waals surface area (Å²) in [6.45, 7) is 1.30. The van der Waals surface area contributed by atoms with Gasteiger partial charge in [0.15, 0.2) is 0 Å². The van der Waals surface area contributed by atoms with Crippen molar-refractivity contribution >= 4 is 29.0 Å². The average Bonchev–Trinajstić information content (AvgIpc) is 2.01. The topological polar surface area (TPSA) is 85.1 Å². The Kier molecular flexibility index (Phi) is 2.98. The van der Waals surface area contributed by atoms with Crippen LogP contribution in [0, 0.1) is 10.1 Å². The van der Waals surface area contributed by atoms with Crippen LogP contribution in [0.3, 0.4) is 0 Å². The number of rotatable bonds is 2. The van der Waals surface area contributed by atoms with Gasteiger partial charge in [-0.05, 0) is 6.07 Å². The summed E-state index contributed by atoms with van der Waals surface area (Å²) in [5.41, 5.74) is -0.291. The fourth-order valence-corrected chi connectivity index (χ4v) is 1.04. The fourth-order valence-electron chi connectivity index (χ4n) is 0.813. The van der Waals surface area contributed by atoms with Gasteiger partial charge >= 0.3 is 5.69 Å². The fraction of sp³-hybridized carbons (Fsp3) is 0.143. The number of nitrogens with one attached hydrogen (secondary N) is 1. The van der Waals surface area contributed by atoms with E-state index >= 15 is 0 Å². The van der Waals surface area contributed by atoms with E-state index in [1.165, 1.54) is 19.1 Å². The summed E-state index contributed by atoms with van der Waals surface area (Å²) in [7, 11) is 0. The molecule has 0 bridgehead atoms. The summed E-state index contributed by atoms with van der Waals surface area (Å²) < 4.78 is 0. The van der Waals surface area contributed by atoms with Crippen molar-refractivity contribution in [3.63, 3.8) is 0 Å². The Morgan fingerprint density at radius 3 is 2.71 bits per heavy atom. The molecular formula is C7H6ClN3O3. The number of nitro groups is 1. The van der Waals surface area contributed by atoms with Gasteiger partial charge < -0.3 is 5.32 Å². The molecule has 0 spiro atoms. The predicted octanol–water partition coefficient (Wildman–Crippen LogP) is 1.60. The second kappa shape index (κ2) is 4.01. The van der Waals surface area contributed by atoms with Crippen molar-refractivity contribution in [2.24, 2.45) is 0 Å². The molecule has 0 aliphatic carbocycles. The molecule has 6 nitrogen and oxygen atoms in total. The second-order valence-electron chi connectivity index (χ2n) is 2.44. The second-order valence-corrected chi connectivity index (χ2v) is 2.80. The minimum atomic E-state index is -0.646. The van der Waals surface area contributed by atoms with Crippen LogP contribution < -0.4 is 5.32 Å². The van der Waals surface area contributed by atoms with Crippen LogP contribution in [-0.4, -0.2) is 15.8 Å². The first-order chi connectivity index (χ1) is 6.50. The highest BCUT2D eigenvalue weighted by Gasteiger charge is 2.13. The van der Waals surface area contributed by atoms with Gasteiger partial charge in [-0.15, -0.1) is 0 Å². The van der Waals surface area contributed by atoms with Crippen molar-refractivity contribution < 1.29 is 9.72 Å². The maximum Gasteiger partial charge on any atom is 0.306 e. The van der Waals surface area contributed by atoms with Gasteiger partial charge in [0.05, 0.1) is 4.92 Å². The Morgan fingerprint density at radius 1 is 1.64 bits per heavy atom. The Bertz CT molecular complexity index is 394. The quantitative estimate of drug-likeness (QED) is 0.461. The smallest absolute Gasteiger partial charge is 0.306 e. The van der Waals surface area contributed by atoms with Crippen molar-refractivity contribution in [2.45, 2.75) is 6.92 Å². The number of pyridine rings is 1. The summed E-state index contributed by atoms with van der Waals surface area (Å²) in [5, 5.41) is 12.5. The van der Waals surface area contributed by atoms with E-state index in [4.69, 9.17) is 11.6 Å². The minimum absolute atomic E-state index is 0.188. The lowest BCUT2D eigenvalue weighted by Gasteiger charge is -2.00. The largest absolute Gasteiger partial charge is 0.311 e. The van der Waals surface area contributed by atoms with E-state index in [0.29, 0.717) is 0 Å². The maximum absolute atomic E-state index is 10.6. The molecule has 74 valence electrons. The van der Waals surface area contributed by atoms with Crippen LogP contribution in [0.25, 0.3) is 0 Å². The van der Waals surface area contributed by atoms with Crippen LogP contribution in [-0.2, 0) is 4.79 Å². The molecule has 0 aliphatic rings. The number of aromatic nitrogens is 1. The molecule has 1 N–H and O–H groups in total. The molecule has 0 fully saturated rings. The normalized spacial score (nSPS) is 9.57. The standard InChI is InChI=1S/C7H6ClN3O3/c1-4(12)9-6-3-2-5(11(13)14)7(8)10-6/h2-3H,1H3,(H,9,10,12). The van der Waals surface area contributed by atoms with E-state index < -0.39 is 4.92 Å². The molecule has 1 aromatic heterocycles. The lowest BCUT2D eigenvalue weighted by atomic mass is 10.4. The minimum Gasteiger partial charge on any atom is -0.311 e. The van der Waals surface area contributed by atoms with Gasteiger partial charge in [0.1, 0.15) is 5.82 Å². The van der Waals surface area contributed by atoms with Gasteiger partial charge in [-0.1, -0.05) is 11.6 Å². The van der Waals surface area contributed by atoms with Gasteiger partial charge in [-0.3, -0.25) is 14.9 Å². The highest BCUT2D eigenvalue weighted by atomic mass is 35.5. The van der Waals surface area contributed by atoms with Crippen LogP contribution in [0.4, 0.5) is 11.5 Å². The number of nitrogens with zero attached hydrogens (tertiary/aromatic N) is 2. The third-order valence-corrected chi connectivity index (χ3v) is 1.61. The Morgan fingerprint density at radius 2 is 2.29 bits per heavy atom. The van der Waals surface area contributed by atoms with Crippen LogP contribution in [0.1, 0.15) is 6.92 Å². The third kappa shape index (κ3) is 2.40. The molecule has 1 rings (SSSR count). The monoisotopic (exact) mass is 215 g/mol. The number of hydrogen-bond acceptors (Lipinski definition) is 4. The summed E-state index contributed by atoms with van der Waals surface area (Å²) >= 11 is 5.50. The highest BCUT2D eigenvalue weighted by Crippen LogP contribution is 2.23. The zero-order valence-electron chi connectivity index (χ0n) is 7.15. The number of anilines is 1. The van der Waals surface area contributed by atoms with E-state index in [-0.39, 0.29) is 22.6 Å². The molecule has 0 aromatic carbocycles. The van der Waals surface area contributed by atoms with E-state index in [1.54, 1.807) is 0 Å². The van der Waals surface area contributed by atoms with Gasteiger partial charge in [0.2, 0.25) is 11.1 Å². The zero-order chi connectivity index (χ0) is 10.7. The van der Waals surface area contributed by atoms with E-state index in [0.717, 1.165) is 0 Å². The highest BCUT2D eigenvalue weighted by molar-refractivity contribution is 6.31. The van der Waals surface area contributed by atoms with Crippen LogP contribution in [0.2, 0.25) is 5.15 Å². The molecule has 0 aliphatic heterocycles. The van der Waals surface area contributed by atoms with Crippen LogP contribution in [0.15, 0.2) is 12.1 Å². The first-order valence-corrected chi connectivity index (χ1v) is 3.97. The number of halogens is 1. The molecule has 14 heavy (non-hydrogen) atoms. The molecule has 0 unspecified atom stereocenters. The molecular weight excluding hydrogens is 210 g/mol. The van der Waals surface area contributed by atoms with Crippen molar-refractivity contribution in [3.05, 3.63) is 27.4 Å². The molecule has 0 saturated carbocycles. The van der Waals surface area contributed by atoms with Crippen LogP contribution in [0.5, 0.6) is 0 Å². The lowest BCUT2D eigenvalue weighted by molar-refractivity contribution is -0.385. The van der Waals surface area contributed by atoms with E-state index in [9.17, 15) is 14.9 Å². The van der Waals surface area contributed by atoms with Gasteiger partial charge in [0, 0.05) is 13.0 Å². The van der Waals surface area contributed by atoms with Crippen molar-refractivity contribution in [1.82, 2.24) is 4.98 Å². The average molecular weight is 216 g/mol. The Balaban J connectivity index is 3.00. The van der Waals surface area contributed by atoms with Crippen LogP contribution >= 0.6 is 11.6 Å². The van der Waals surface area contributed by atoms with E-state index in [1.807, 2.05) is 0 Å². The number of carbonyl (C=O) groups is 1. The van der Waals surface area contributed by atoms with Crippen molar-refractivity contribution in [1.29, 1.82) is 0 Å². The summed E-state index contributed by atoms with van der Waals surface area (Å²) in [5.74, 6) is -0.129. The Hall–Kier alpha value is -1.69. The van der Waals surface area contributed by atoms with Crippen molar-refractivity contribution in [3.8, 4) is 0 Å². The van der Waals surface area contributed by atoms with Gasteiger partial charge in [-0.2, -0.15) is 0 Å². The molecule has 0 radical (unpaired) electrons. The molecule has 0 saturated heterocycles. The summed E-state index contributed by atoms with van der Waals surface area (Å²) in [6, 6.07) is 2.49. The molecule has 1 heterocycles. The number of hydrogen-bond donors (Lipinski definition) is 1. The number of carbonyl (C=O) groups excluding carboxylic acids is 1. The Labute approximate surface area is 84.0 Å². The lowest BCUT2D eigenvalue weighted by Crippen LogP contribution is -2.07. The van der Waals surface area contributed by atoms with E-state index in [2.05, 4.69) is 10.3 Å². The maximum atomic E-state index is 10.6. The molecule has 7 heteroatoms. The molecule has 1 amide bonds. The predicted molar refractivity (Wildman–Crippen MR) is 50.2 cm³/mol. The van der Waals surface area contributed by atoms with Crippen molar-refractivity contribution in [2.75, 3.05) is 5.32 Å². The summed E-state index contributed by atoms with van der Waals surface area (Å²) in [6.07, 6.45) is 0. The van der Waals surface area contributed by atoms with Gasteiger partial charge in [0.25, 0.3) is 0 Å². The molecule has 0 atom stereocenters. The first-order valence-electron chi connectivity index (χ1n) is 3.59. The SMILES string of the molecule is CC(=O)Nc1ccc([N+](=O)[O-])c(Cl)n1. The summed E-state index contributed by atoms with van der Waals surface area (Å²) in [4.78, 5) is 23.9. The first kappa shape index (κ1) is 10.4. The number of amides is 1. The van der Waals surface area contributed by atoms with Gasteiger partial charge in [-0.25, -0.2) is 4.98 Å². The zero-order valence-corrected chi connectivity index (χ0v) is 7.91.